The molecule has 0 atom stereocenters. The molecule has 1 heterocycles. The highest BCUT2D eigenvalue weighted by Gasteiger charge is 2.15. The zero-order valence-electron chi connectivity index (χ0n) is 9.76. The number of aromatic nitrogens is 1. The number of thiazole rings is 1. The molecular weight excluding hydrogens is 314 g/mol. The molecule has 18 heavy (non-hydrogen) atoms. The van der Waals surface area contributed by atoms with Crippen LogP contribution in [0.3, 0.4) is 0 Å². The molecule has 0 radical (unpaired) electrons. The minimum atomic E-state index is -0.126. The summed E-state index contributed by atoms with van der Waals surface area (Å²) in [6.07, 6.45) is 0. The van der Waals surface area contributed by atoms with E-state index in [0.717, 1.165) is 10.0 Å². The van der Waals surface area contributed by atoms with E-state index in [4.69, 9.17) is 5.73 Å². The number of nitrogens with two attached hydrogens (primary N) is 1. The van der Waals surface area contributed by atoms with Crippen molar-refractivity contribution in [2.24, 2.45) is 0 Å². The molecule has 0 fully saturated rings. The molecule has 0 aliphatic rings. The van der Waals surface area contributed by atoms with Gasteiger partial charge >= 0.3 is 0 Å². The number of halogens is 1. The second-order valence-corrected chi connectivity index (χ2v) is 5.57. The highest BCUT2D eigenvalue weighted by atomic mass is 79.9. The molecule has 0 spiro atoms. The first-order chi connectivity index (χ1) is 8.58. The van der Waals surface area contributed by atoms with Crippen molar-refractivity contribution in [2.75, 3.05) is 12.8 Å². The van der Waals surface area contributed by atoms with Crippen LogP contribution in [-0.4, -0.2) is 22.8 Å². The van der Waals surface area contributed by atoms with Gasteiger partial charge in [-0.1, -0.05) is 34.1 Å². The Morgan fingerprint density at radius 1 is 1.50 bits per heavy atom. The number of rotatable bonds is 3. The molecule has 0 unspecified atom stereocenters. The summed E-state index contributed by atoms with van der Waals surface area (Å²) < 4.78 is 0.988. The summed E-state index contributed by atoms with van der Waals surface area (Å²) in [7, 11) is 1.75. The van der Waals surface area contributed by atoms with Crippen LogP contribution in [0.25, 0.3) is 0 Å². The van der Waals surface area contributed by atoms with Crippen LogP contribution in [0.1, 0.15) is 16.1 Å². The van der Waals surface area contributed by atoms with Gasteiger partial charge in [-0.2, -0.15) is 0 Å². The number of amides is 1. The van der Waals surface area contributed by atoms with Crippen molar-refractivity contribution in [3.05, 3.63) is 45.4 Å². The van der Waals surface area contributed by atoms with Crippen LogP contribution < -0.4 is 5.73 Å². The molecule has 0 bridgehead atoms. The first kappa shape index (κ1) is 13.0. The third kappa shape index (κ3) is 2.88. The monoisotopic (exact) mass is 325 g/mol. The summed E-state index contributed by atoms with van der Waals surface area (Å²) in [6.45, 7) is 0.525. The maximum atomic E-state index is 12.1. The Bertz CT molecular complexity index is 570. The number of nitrogen functional groups attached to an aromatic ring is 1. The summed E-state index contributed by atoms with van der Waals surface area (Å²) in [4.78, 5) is 17.7. The number of carbonyl (C=O) groups excluding carboxylic acids is 1. The van der Waals surface area contributed by atoms with E-state index in [1.165, 1.54) is 11.3 Å². The molecule has 94 valence electrons. The Morgan fingerprint density at radius 2 is 2.22 bits per heavy atom. The first-order valence-corrected chi connectivity index (χ1v) is 6.95. The molecule has 6 heteroatoms. The van der Waals surface area contributed by atoms with Gasteiger partial charge in [-0.3, -0.25) is 4.79 Å². The van der Waals surface area contributed by atoms with Crippen LogP contribution in [0, 0.1) is 0 Å². The fourth-order valence-corrected chi connectivity index (χ4v) is 2.48. The third-order valence-electron chi connectivity index (χ3n) is 2.45. The Morgan fingerprint density at radius 3 is 2.83 bits per heavy atom. The average Bonchev–Trinajstić information content (AvgIpc) is 2.78. The zero-order chi connectivity index (χ0) is 13.1. The number of nitrogens with zero attached hydrogens (tertiary/aromatic N) is 2. The highest BCUT2D eigenvalue weighted by Crippen LogP contribution is 2.19. The van der Waals surface area contributed by atoms with Crippen molar-refractivity contribution in [3.8, 4) is 0 Å². The summed E-state index contributed by atoms with van der Waals surface area (Å²) in [6, 6.07) is 7.81. The number of anilines is 1. The molecule has 1 amide bonds. The lowest BCUT2D eigenvalue weighted by atomic mass is 10.2. The summed E-state index contributed by atoms with van der Waals surface area (Å²) in [5, 5.41) is 2.08. The third-order valence-corrected chi connectivity index (χ3v) is 3.90. The van der Waals surface area contributed by atoms with Crippen molar-refractivity contribution in [3.63, 3.8) is 0 Å². The zero-order valence-corrected chi connectivity index (χ0v) is 12.2. The van der Waals surface area contributed by atoms with Crippen LogP contribution >= 0.6 is 27.3 Å². The molecule has 0 saturated heterocycles. The predicted molar refractivity (Wildman–Crippen MR) is 76.5 cm³/mol. The number of benzene rings is 1. The van der Waals surface area contributed by atoms with Crippen LogP contribution in [0.5, 0.6) is 0 Å². The van der Waals surface area contributed by atoms with Crippen molar-refractivity contribution in [1.29, 1.82) is 0 Å². The summed E-state index contributed by atoms with van der Waals surface area (Å²) in [5.74, 6) is -0.126. The number of carbonyl (C=O) groups is 1. The minimum Gasteiger partial charge on any atom is -0.375 e. The Balaban J connectivity index is 2.11. The van der Waals surface area contributed by atoms with Crippen molar-refractivity contribution in [2.45, 2.75) is 6.54 Å². The Kier molecular flexibility index (Phi) is 3.98. The van der Waals surface area contributed by atoms with Gasteiger partial charge in [0.2, 0.25) is 0 Å². The fraction of sp³-hybridized carbons (Fsp3) is 0.167. The highest BCUT2D eigenvalue weighted by molar-refractivity contribution is 9.10. The SMILES string of the molecule is CN(Cc1ccccc1Br)C(=O)c1csc(N)n1. The van der Waals surface area contributed by atoms with Gasteiger partial charge in [0, 0.05) is 23.4 Å². The van der Waals surface area contributed by atoms with Gasteiger partial charge in [-0.15, -0.1) is 11.3 Å². The van der Waals surface area contributed by atoms with E-state index in [1.54, 1.807) is 17.3 Å². The molecule has 2 rings (SSSR count). The smallest absolute Gasteiger partial charge is 0.273 e. The standard InChI is InChI=1S/C12H12BrN3OS/c1-16(6-8-4-2-3-5-9(8)13)11(17)10-7-18-12(14)15-10/h2-5,7H,6H2,1H3,(H2,14,15). The lowest BCUT2D eigenvalue weighted by Crippen LogP contribution is -2.26. The number of hydrogen-bond donors (Lipinski definition) is 1. The molecule has 0 saturated carbocycles. The average molecular weight is 326 g/mol. The molecule has 4 nitrogen and oxygen atoms in total. The van der Waals surface area contributed by atoms with E-state index in [1.807, 2.05) is 24.3 Å². The van der Waals surface area contributed by atoms with Gasteiger partial charge in [0.15, 0.2) is 5.13 Å². The van der Waals surface area contributed by atoms with Crippen molar-refractivity contribution >= 4 is 38.3 Å². The maximum absolute atomic E-state index is 12.1. The first-order valence-electron chi connectivity index (χ1n) is 5.28. The second-order valence-electron chi connectivity index (χ2n) is 3.82. The van der Waals surface area contributed by atoms with E-state index in [0.29, 0.717) is 17.4 Å². The Hall–Kier alpha value is -1.40. The van der Waals surface area contributed by atoms with Gasteiger partial charge in [0.25, 0.3) is 5.91 Å². The van der Waals surface area contributed by atoms with Crippen LogP contribution in [0.4, 0.5) is 5.13 Å². The molecule has 2 aromatic rings. The van der Waals surface area contributed by atoms with Crippen molar-refractivity contribution < 1.29 is 4.79 Å². The topological polar surface area (TPSA) is 59.2 Å². The molecule has 0 aliphatic heterocycles. The van der Waals surface area contributed by atoms with Gasteiger partial charge in [0.05, 0.1) is 0 Å². The quantitative estimate of drug-likeness (QED) is 0.943. The molecule has 1 aromatic heterocycles. The molecule has 0 aliphatic carbocycles. The largest absolute Gasteiger partial charge is 0.375 e. The van der Waals surface area contributed by atoms with Gasteiger partial charge in [-0.25, -0.2) is 4.98 Å². The number of hydrogen-bond acceptors (Lipinski definition) is 4. The Labute approximate surface area is 118 Å². The van der Waals surface area contributed by atoms with Crippen molar-refractivity contribution in [1.82, 2.24) is 9.88 Å². The van der Waals surface area contributed by atoms with Crippen LogP contribution in [0.2, 0.25) is 0 Å². The predicted octanol–water partition coefficient (Wildman–Crippen LogP) is 2.76. The van der Waals surface area contributed by atoms with E-state index in [9.17, 15) is 4.79 Å². The second kappa shape index (κ2) is 5.49. The lowest BCUT2D eigenvalue weighted by Gasteiger charge is -2.16. The van der Waals surface area contributed by atoms with Gasteiger partial charge < -0.3 is 10.6 Å². The van der Waals surface area contributed by atoms with Gasteiger partial charge in [-0.05, 0) is 11.6 Å². The molecular formula is C12H12BrN3OS. The summed E-state index contributed by atoms with van der Waals surface area (Å²) >= 11 is 4.73. The van der Waals surface area contributed by atoms with E-state index < -0.39 is 0 Å². The molecule has 2 N–H and O–H groups in total. The molecule has 1 aromatic carbocycles. The normalized spacial score (nSPS) is 10.3. The minimum absolute atomic E-state index is 0.126. The van der Waals surface area contributed by atoms with Crippen LogP contribution in [0.15, 0.2) is 34.1 Å². The van der Waals surface area contributed by atoms with E-state index >= 15 is 0 Å². The van der Waals surface area contributed by atoms with E-state index in [-0.39, 0.29) is 5.91 Å². The lowest BCUT2D eigenvalue weighted by molar-refractivity contribution is 0.0780. The van der Waals surface area contributed by atoms with Crippen LogP contribution in [-0.2, 0) is 6.54 Å². The van der Waals surface area contributed by atoms with Gasteiger partial charge in [0.1, 0.15) is 5.69 Å². The summed E-state index contributed by atoms with van der Waals surface area (Å²) in [5.41, 5.74) is 6.97. The maximum Gasteiger partial charge on any atom is 0.273 e. The fourth-order valence-electron chi connectivity index (χ4n) is 1.54. The van der Waals surface area contributed by atoms with E-state index in [2.05, 4.69) is 20.9 Å².